The van der Waals surface area contributed by atoms with E-state index in [2.05, 4.69) is 44.6 Å². The summed E-state index contributed by atoms with van der Waals surface area (Å²) in [4.78, 5) is 21.3. The summed E-state index contributed by atoms with van der Waals surface area (Å²) in [5.74, 6) is 1.39. The van der Waals surface area contributed by atoms with Crippen LogP contribution in [0.1, 0.15) is 42.5 Å². The zero-order valence-corrected chi connectivity index (χ0v) is 16.9. The molecule has 30 heavy (non-hydrogen) atoms. The highest BCUT2D eigenvalue weighted by Gasteiger charge is 2.22. The zero-order valence-electron chi connectivity index (χ0n) is 16.9. The Bertz CT molecular complexity index is 1140. The van der Waals surface area contributed by atoms with Gasteiger partial charge in [0.25, 0.3) is 5.91 Å². The second-order valence-corrected chi connectivity index (χ2v) is 7.42. The first-order valence-electron chi connectivity index (χ1n) is 9.85. The topological polar surface area (TPSA) is 97.1 Å². The Kier molecular flexibility index (Phi) is 5.65. The zero-order chi connectivity index (χ0) is 20.9. The average molecular weight is 401 g/mol. The number of aromatic nitrogens is 5. The maximum absolute atomic E-state index is 13.0. The summed E-state index contributed by atoms with van der Waals surface area (Å²) in [6, 6.07) is 14.5. The normalized spacial score (nSPS) is 12.1. The highest BCUT2D eigenvalue weighted by Crippen LogP contribution is 2.22. The maximum atomic E-state index is 13.0. The van der Waals surface area contributed by atoms with E-state index in [1.807, 2.05) is 40.9 Å². The van der Waals surface area contributed by atoms with E-state index in [1.165, 1.54) is 0 Å². The summed E-state index contributed by atoms with van der Waals surface area (Å²) >= 11 is 0. The van der Waals surface area contributed by atoms with Crippen molar-refractivity contribution < 1.29 is 4.79 Å². The molecule has 2 N–H and O–H groups in total. The van der Waals surface area contributed by atoms with Crippen molar-refractivity contribution in [3.8, 4) is 0 Å². The molecule has 0 spiro atoms. The van der Waals surface area contributed by atoms with Gasteiger partial charge in [0.15, 0.2) is 11.5 Å². The molecule has 4 rings (SSSR count). The van der Waals surface area contributed by atoms with Crippen molar-refractivity contribution in [1.29, 1.82) is 0 Å². The van der Waals surface area contributed by atoms with Gasteiger partial charge in [-0.3, -0.25) is 9.20 Å². The van der Waals surface area contributed by atoms with Crippen LogP contribution in [0, 0.1) is 5.92 Å². The number of anilines is 2. The molecule has 0 radical (unpaired) electrons. The molecular weight excluding hydrogens is 378 g/mol. The van der Waals surface area contributed by atoms with E-state index in [0.717, 1.165) is 23.6 Å². The Morgan fingerprint density at radius 1 is 1.03 bits per heavy atom. The largest absolute Gasteiger partial charge is 0.342 e. The Morgan fingerprint density at radius 3 is 2.67 bits per heavy atom. The van der Waals surface area contributed by atoms with Crippen molar-refractivity contribution in [2.75, 3.05) is 5.32 Å². The summed E-state index contributed by atoms with van der Waals surface area (Å²) in [5, 5.41) is 14.8. The molecular formula is C22H23N7O. The molecule has 1 aromatic carbocycles. The molecule has 152 valence electrons. The van der Waals surface area contributed by atoms with Gasteiger partial charge >= 0.3 is 0 Å². The first-order chi connectivity index (χ1) is 14.6. The highest BCUT2D eigenvalue weighted by atomic mass is 16.1. The SMILES string of the molecule is CC(C)C[C@@H](NC(=O)c1cccc(Nc2ncccn2)c1)c1nnc2ccccn12. The van der Waals surface area contributed by atoms with Crippen LogP contribution in [0.25, 0.3) is 5.65 Å². The number of benzene rings is 1. The Balaban J connectivity index is 1.56. The van der Waals surface area contributed by atoms with Gasteiger partial charge in [0.05, 0.1) is 6.04 Å². The molecule has 1 atom stereocenters. The van der Waals surface area contributed by atoms with Crippen molar-refractivity contribution in [2.45, 2.75) is 26.3 Å². The van der Waals surface area contributed by atoms with Crippen molar-refractivity contribution in [3.63, 3.8) is 0 Å². The lowest BCUT2D eigenvalue weighted by Gasteiger charge is -2.19. The second kappa shape index (κ2) is 8.69. The van der Waals surface area contributed by atoms with Crippen LogP contribution in [-0.4, -0.2) is 30.5 Å². The van der Waals surface area contributed by atoms with E-state index in [-0.39, 0.29) is 11.9 Å². The van der Waals surface area contributed by atoms with E-state index in [1.54, 1.807) is 30.6 Å². The van der Waals surface area contributed by atoms with Gasteiger partial charge in [-0.05, 0) is 48.7 Å². The van der Waals surface area contributed by atoms with E-state index >= 15 is 0 Å². The third-order valence-electron chi connectivity index (χ3n) is 4.61. The number of carbonyl (C=O) groups excluding carboxylic acids is 1. The van der Waals surface area contributed by atoms with Crippen LogP contribution in [0.15, 0.2) is 67.1 Å². The minimum Gasteiger partial charge on any atom is -0.342 e. The second-order valence-electron chi connectivity index (χ2n) is 7.42. The first-order valence-corrected chi connectivity index (χ1v) is 9.85. The fraction of sp³-hybridized carbons (Fsp3) is 0.227. The van der Waals surface area contributed by atoms with Crippen LogP contribution < -0.4 is 10.6 Å². The maximum Gasteiger partial charge on any atom is 0.251 e. The van der Waals surface area contributed by atoms with Crippen LogP contribution in [0.4, 0.5) is 11.6 Å². The lowest BCUT2D eigenvalue weighted by molar-refractivity contribution is 0.0929. The smallest absolute Gasteiger partial charge is 0.251 e. The number of pyridine rings is 1. The molecule has 0 saturated heterocycles. The first kappa shape index (κ1) is 19.5. The summed E-state index contributed by atoms with van der Waals surface area (Å²) in [7, 11) is 0. The molecule has 0 aliphatic carbocycles. The Labute approximate surface area is 174 Å². The standard InChI is InChI=1S/C22H23N7O/c1-15(2)13-18(20-28-27-19-9-3-4-12-29(19)20)26-21(30)16-7-5-8-17(14-16)25-22-23-10-6-11-24-22/h3-12,14-15,18H,13H2,1-2H3,(H,26,30)(H,23,24,25)/t18-/m1/s1. The van der Waals surface area contributed by atoms with Crippen LogP contribution in [0.3, 0.4) is 0 Å². The molecule has 0 aliphatic heterocycles. The van der Waals surface area contributed by atoms with Crippen LogP contribution in [-0.2, 0) is 0 Å². The van der Waals surface area contributed by atoms with Gasteiger partial charge in [-0.1, -0.05) is 26.0 Å². The van der Waals surface area contributed by atoms with Crippen molar-refractivity contribution in [3.05, 3.63) is 78.5 Å². The van der Waals surface area contributed by atoms with Gasteiger partial charge in [-0.2, -0.15) is 0 Å². The van der Waals surface area contributed by atoms with E-state index in [0.29, 0.717) is 17.4 Å². The van der Waals surface area contributed by atoms with Crippen molar-refractivity contribution in [2.24, 2.45) is 5.92 Å². The van der Waals surface area contributed by atoms with Gasteiger partial charge in [0, 0.05) is 29.8 Å². The number of fused-ring (bicyclic) bond motifs is 1. The summed E-state index contributed by atoms with van der Waals surface area (Å²) in [5.41, 5.74) is 2.03. The summed E-state index contributed by atoms with van der Waals surface area (Å²) in [6.07, 6.45) is 5.97. The number of hydrogen-bond donors (Lipinski definition) is 2. The molecule has 4 aromatic rings. The van der Waals surface area contributed by atoms with Gasteiger partial charge in [0.1, 0.15) is 0 Å². The minimum absolute atomic E-state index is 0.175. The number of hydrogen-bond acceptors (Lipinski definition) is 6. The Morgan fingerprint density at radius 2 is 1.87 bits per heavy atom. The number of carbonyl (C=O) groups is 1. The lowest BCUT2D eigenvalue weighted by atomic mass is 10.0. The molecule has 0 fully saturated rings. The molecule has 0 bridgehead atoms. The number of nitrogens with one attached hydrogen (secondary N) is 2. The fourth-order valence-electron chi connectivity index (χ4n) is 3.27. The van der Waals surface area contributed by atoms with Crippen LogP contribution in [0.5, 0.6) is 0 Å². The highest BCUT2D eigenvalue weighted by molar-refractivity contribution is 5.95. The van der Waals surface area contributed by atoms with Gasteiger partial charge in [-0.25, -0.2) is 9.97 Å². The monoisotopic (exact) mass is 401 g/mol. The fourth-order valence-corrected chi connectivity index (χ4v) is 3.27. The number of amides is 1. The van der Waals surface area contributed by atoms with Gasteiger partial charge < -0.3 is 10.6 Å². The van der Waals surface area contributed by atoms with E-state index in [9.17, 15) is 4.79 Å². The molecule has 8 heteroatoms. The lowest BCUT2D eigenvalue weighted by Crippen LogP contribution is -2.31. The van der Waals surface area contributed by atoms with Crippen molar-refractivity contribution >= 4 is 23.2 Å². The molecule has 0 unspecified atom stereocenters. The third kappa shape index (κ3) is 4.43. The predicted octanol–water partition coefficient (Wildman–Crippen LogP) is 3.78. The van der Waals surface area contributed by atoms with E-state index in [4.69, 9.17) is 0 Å². The molecule has 3 heterocycles. The molecule has 3 aromatic heterocycles. The van der Waals surface area contributed by atoms with Crippen LogP contribution >= 0.6 is 0 Å². The van der Waals surface area contributed by atoms with Crippen molar-refractivity contribution in [1.82, 2.24) is 29.9 Å². The molecule has 0 aliphatic rings. The number of nitrogens with zero attached hydrogens (tertiary/aromatic N) is 5. The summed E-state index contributed by atoms with van der Waals surface area (Å²) in [6.45, 7) is 4.24. The van der Waals surface area contributed by atoms with Gasteiger partial charge in [0.2, 0.25) is 5.95 Å². The Hall–Kier alpha value is -3.81. The van der Waals surface area contributed by atoms with Gasteiger partial charge in [-0.15, -0.1) is 10.2 Å². The third-order valence-corrected chi connectivity index (χ3v) is 4.61. The quantitative estimate of drug-likeness (QED) is 0.489. The predicted molar refractivity (Wildman–Crippen MR) is 114 cm³/mol. The molecule has 8 nitrogen and oxygen atoms in total. The number of rotatable bonds is 7. The summed E-state index contributed by atoms with van der Waals surface area (Å²) < 4.78 is 1.91. The minimum atomic E-state index is -0.260. The van der Waals surface area contributed by atoms with Crippen LogP contribution in [0.2, 0.25) is 0 Å². The molecule has 1 amide bonds. The van der Waals surface area contributed by atoms with E-state index < -0.39 is 0 Å². The average Bonchev–Trinajstić information content (AvgIpc) is 3.18. The molecule has 0 saturated carbocycles.